The first-order valence-electron chi connectivity index (χ1n) is 7.32. The third-order valence-electron chi connectivity index (χ3n) is 3.88. The molecule has 0 N–H and O–H groups in total. The highest BCUT2D eigenvalue weighted by Gasteiger charge is 2.16. The molecule has 0 atom stereocenters. The second-order valence-corrected chi connectivity index (χ2v) is 5.25. The fraction of sp³-hybridized carbons (Fsp3) is 0.211. The van der Waals surface area contributed by atoms with Crippen LogP contribution in [0.4, 0.5) is 0 Å². The van der Waals surface area contributed by atoms with E-state index in [1.54, 1.807) is 0 Å². The lowest BCUT2D eigenvalue weighted by atomic mass is 10.0. The fourth-order valence-electron chi connectivity index (χ4n) is 2.75. The zero-order chi connectivity index (χ0) is 14.8. The number of pyridine rings is 1. The van der Waals surface area contributed by atoms with Crippen LogP contribution in [0.25, 0.3) is 22.2 Å². The summed E-state index contributed by atoms with van der Waals surface area (Å²) >= 11 is 0. The van der Waals surface area contributed by atoms with Crippen molar-refractivity contribution in [3.8, 4) is 17.0 Å². The van der Waals surface area contributed by atoms with Crippen LogP contribution in [0.1, 0.15) is 12.5 Å². The Morgan fingerprint density at radius 2 is 1.81 bits per heavy atom. The van der Waals surface area contributed by atoms with Gasteiger partial charge in [0.15, 0.2) is 0 Å². The summed E-state index contributed by atoms with van der Waals surface area (Å²) < 4.78 is 7.88. The minimum Gasteiger partial charge on any atom is -0.494 e. The molecule has 3 aromatic rings. The lowest BCUT2D eigenvalue weighted by molar-refractivity contribution is -0.633. The van der Waals surface area contributed by atoms with Crippen molar-refractivity contribution in [2.24, 2.45) is 7.05 Å². The van der Waals surface area contributed by atoms with Gasteiger partial charge in [-0.25, -0.2) is 0 Å². The molecule has 0 aliphatic heterocycles. The first-order chi connectivity index (χ1) is 10.2. The standard InChI is InChI=1S/C19H20NO/c1-4-21-16-11-9-14(2)17(13-16)19-12-10-15-7-5-6-8-18(15)20(19)3/h5-13H,4H2,1-3H3/q+1. The molecule has 0 aliphatic carbocycles. The monoisotopic (exact) mass is 278 g/mol. The van der Waals surface area contributed by atoms with Gasteiger partial charge in [-0.15, -0.1) is 0 Å². The van der Waals surface area contributed by atoms with E-state index >= 15 is 0 Å². The van der Waals surface area contributed by atoms with Crippen molar-refractivity contribution < 1.29 is 9.30 Å². The summed E-state index contributed by atoms with van der Waals surface area (Å²) in [6.07, 6.45) is 0. The molecule has 0 saturated heterocycles. The Hall–Kier alpha value is -2.35. The van der Waals surface area contributed by atoms with Gasteiger partial charge in [0.1, 0.15) is 12.8 Å². The number of fused-ring (bicyclic) bond motifs is 1. The second kappa shape index (κ2) is 5.57. The highest BCUT2D eigenvalue weighted by atomic mass is 16.5. The van der Waals surface area contributed by atoms with Crippen LogP contribution < -0.4 is 9.30 Å². The van der Waals surface area contributed by atoms with Crippen molar-refractivity contribution in [1.29, 1.82) is 0 Å². The van der Waals surface area contributed by atoms with E-state index in [4.69, 9.17) is 4.74 Å². The van der Waals surface area contributed by atoms with Crippen molar-refractivity contribution in [2.75, 3.05) is 6.61 Å². The van der Waals surface area contributed by atoms with Crippen LogP contribution in [0, 0.1) is 6.92 Å². The van der Waals surface area contributed by atoms with Crippen LogP contribution in [-0.2, 0) is 7.05 Å². The Morgan fingerprint density at radius 1 is 1.00 bits per heavy atom. The number of benzene rings is 2. The smallest absolute Gasteiger partial charge is 0.213 e. The number of ether oxygens (including phenoxy) is 1. The van der Waals surface area contributed by atoms with E-state index < -0.39 is 0 Å². The average molecular weight is 278 g/mol. The Morgan fingerprint density at radius 3 is 2.62 bits per heavy atom. The number of para-hydroxylation sites is 1. The van der Waals surface area contributed by atoms with E-state index in [9.17, 15) is 0 Å². The summed E-state index contributed by atoms with van der Waals surface area (Å²) in [5, 5.41) is 1.25. The highest BCUT2D eigenvalue weighted by molar-refractivity contribution is 5.78. The molecular weight excluding hydrogens is 258 g/mol. The first kappa shape index (κ1) is 13.6. The quantitative estimate of drug-likeness (QED) is 0.659. The Labute approximate surface area is 125 Å². The summed E-state index contributed by atoms with van der Waals surface area (Å²) in [5.41, 5.74) is 4.91. The molecule has 0 spiro atoms. The van der Waals surface area contributed by atoms with E-state index in [1.807, 2.05) is 13.0 Å². The molecule has 0 aliphatic rings. The molecule has 1 aromatic heterocycles. The Kier molecular flexibility index (Phi) is 3.61. The molecule has 0 radical (unpaired) electrons. The summed E-state index contributed by atoms with van der Waals surface area (Å²) in [6.45, 7) is 4.84. The van der Waals surface area contributed by atoms with Gasteiger partial charge in [0.05, 0.1) is 12.2 Å². The van der Waals surface area contributed by atoms with Gasteiger partial charge < -0.3 is 4.74 Å². The van der Waals surface area contributed by atoms with E-state index in [1.165, 1.54) is 27.7 Å². The van der Waals surface area contributed by atoms with Gasteiger partial charge in [0.2, 0.25) is 11.2 Å². The van der Waals surface area contributed by atoms with Crippen molar-refractivity contribution >= 4 is 10.9 Å². The van der Waals surface area contributed by atoms with Crippen LogP contribution >= 0.6 is 0 Å². The molecule has 2 nitrogen and oxygen atoms in total. The van der Waals surface area contributed by atoms with Crippen LogP contribution in [0.3, 0.4) is 0 Å². The van der Waals surface area contributed by atoms with Crippen LogP contribution in [0.15, 0.2) is 54.6 Å². The molecule has 0 bridgehead atoms. The summed E-state index contributed by atoms with van der Waals surface area (Å²) in [7, 11) is 2.12. The number of hydrogen-bond donors (Lipinski definition) is 0. The zero-order valence-corrected chi connectivity index (χ0v) is 12.8. The molecule has 106 valence electrons. The topological polar surface area (TPSA) is 13.1 Å². The molecule has 2 heteroatoms. The minimum absolute atomic E-state index is 0.687. The van der Waals surface area contributed by atoms with Crippen molar-refractivity contribution in [3.63, 3.8) is 0 Å². The number of hydrogen-bond acceptors (Lipinski definition) is 1. The van der Waals surface area contributed by atoms with Gasteiger partial charge in [-0.05, 0) is 43.7 Å². The fourth-order valence-corrected chi connectivity index (χ4v) is 2.75. The van der Waals surface area contributed by atoms with Gasteiger partial charge in [-0.1, -0.05) is 18.2 Å². The Balaban J connectivity index is 2.20. The van der Waals surface area contributed by atoms with Gasteiger partial charge >= 0.3 is 0 Å². The number of aromatic nitrogens is 1. The maximum atomic E-state index is 5.64. The van der Waals surface area contributed by atoms with Gasteiger partial charge in [-0.2, -0.15) is 4.57 Å². The zero-order valence-electron chi connectivity index (χ0n) is 12.8. The maximum Gasteiger partial charge on any atom is 0.213 e. The Bertz CT molecular complexity index is 793. The molecule has 0 unspecified atom stereocenters. The van der Waals surface area contributed by atoms with Gasteiger partial charge in [0.25, 0.3) is 0 Å². The summed E-state index contributed by atoms with van der Waals surface area (Å²) in [5.74, 6) is 0.922. The summed E-state index contributed by atoms with van der Waals surface area (Å²) in [4.78, 5) is 0. The summed E-state index contributed by atoms with van der Waals surface area (Å²) in [6, 6.07) is 19.1. The third-order valence-corrected chi connectivity index (χ3v) is 3.88. The number of aryl methyl sites for hydroxylation is 2. The van der Waals surface area contributed by atoms with Crippen molar-refractivity contribution in [2.45, 2.75) is 13.8 Å². The normalized spacial score (nSPS) is 10.8. The molecule has 2 aromatic carbocycles. The van der Waals surface area contributed by atoms with Crippen LogP contribution in [0.5, 0.6) is 5.75 Å². The molecule has 0 fully saturated rings. The third kappa shape index (κ3) is 2.49. The highest BCUT2D eigenvalue weighted by Crippen LogP contribution is 2.26. The van der Waals surface area contributed by atoms with Gasteiger partial charge in [0, 0.05) is 17.5 Å². The SMILES string of the molecule is CCOc1ccc(C)c(-c2ccc3ccccc3[n+]2C)c1. The molecule has 3 rings (SSSR count). The van der Waals surface area contributed by atoms with E-state index in [0.717, 1.165) is 5.75 Å². The van der Waals surface area contributed by atoms with Crippen molar-refractivity contribution in [1.82, 2.24) is 0 Å². The molecule has 1 heterocycles. The largest absolute Gasteiger partial charge is 0.494 e. The van der Waals surface area contributed by atoms with Crippen LogP contribution in [-0.4, -0.2) is 6.61 Å². The van der Waals surface area contributed by atoms with Gasteiger partial charge in [-0.3, -0.25) is 0 Å². The lowest BCUT2D eigenvalue weighted by Gasteiger charge is -2.09. The maximum absolute atomic E-state index is 5.64. The average Bonchev–Trinajstić information content (AvgIpc) is 2.51. The molecular formula is C19H20NO+. The van der Waals surface area contributed by atoms with Crippen LogP contribution in [0.2, 0.25) is 0 Å². The van der Waals surface area contributed by atoms with E-state index in [0.29, 0.717) is 6.61 Å². The molecule has 0 amide bonds. The predicted octanol–water partition coefficient (Wildman–Crippen LogP) is 4.04. The molecule has 0 saturated carbocycles. The number of rotatable bonds is 3. The molecule has 21 heavy (non-hydrogen) atoms. The minimum atomic E-state index is 0.687. The second-order valence-electron chi connectivity index (χ2n) is 5.25. The van der Waals surface area contributed by atoms with E-state index in [2.05, 4.69) is 67.1 Å². The number of nitrogens with zero attached hydrogens (tertiary/aromatic N) is 1. The van der Waals surface area contributed by atoms with E-state index in [-0.39, 0.29) is 0 Å². The first-order valence-corrected chi connectivity index (χ1v) is 7.32. The lowest BCUT2D eigenvalue weighted by Crippen LogP contribution is -2.32. The van der Waals surface area contributed by atoms with Crippen molar-refractivity contribution in [3.05, 3.63) is 60.2 Å². The predicted molar refractivity (Wildman–Crippen MR) is 86.5 cm³/mol.